The van der Waals surface area contributed by atoms with Crippen molar-refractivity contribution in [3.8, 4) is 0 Å². The van der Waals surface area contributed by atoms with Crippen molar-refractivity contribution in [3.05, 3.63) is 83.8 Å². The van der Waals surface area contributed by atoms with Crippen LogP contribution in [0.15, 0.2) is 67.3 Å². The minimum atomic E-state index is 0.0691. The highest BCUT2D eigenvalue weighted by molar-refractivity contribution is 7.80. The Hall–Kier alpha value is -2.96. The van der Waals surface area contributed by atoms with Gasteiger partial charge < -0.3 is 9.88 Å². The molecule has 1 N–H and O–H groups in total. The molecular weight excluding hydrogens is 462 g/mol. The highest BCUT2D eigenvalue weighted by Crippen LogP contribution is 2.36. The lowest BCUT2D eigenvalue weighted by Gasteiger charge is -2.39. The molecule has 0 bridgehead atoms. The molecule has 2 aliphatic rings. The molecule has 0 aliphatic carbocycles. The van der Waals surface area contributed by atoms with Crippen molar-refractivity contribution in [2.75, 3.05) is 19.0 Å². The lowest BCUT2D eigenvalue weighted by Crippen LogP contribution is -2.44. The van der Waals surface area contributed by atoms with Crippen LogP contribution in [-0.2, 0) is 12.0 Å². The van der Waals surface area contributed by atoms with Gasteiger partial charge >= 0.3 is 0 Å². The lowest BCUT2D eigenvalue weighted by molar-refractivity contribution is 0.129. The van der Waals surface area contributed by atoms with Gasteiger partial charge in [-0.15, -0.1) is 0 Å². The van der Waals surface area contributed by atoms with Crippen molar-refractivity contribution < 1.29 is 0 Å². The lowest BCUT2D eigenvalue weighted by atomic mass is 9.90. The predicted molar refractivity (Wildman–Crippen MR) is 153 cm³/mol. The maximum absolute atomic E-state index is 4.82. The Balaban J connectivity index is 1.34. The smallest absolute Gasteiger partial charge is 0.0738 e. The average molecular weight is 498 g/mol. The van der Waals surface area contributed by atoms with Crippen molar-refractivity contribution in [2.24, 2.45) is 0 Å². The van der Waals surface area contributed by atoms with E-state index in [1.807, 2.05) is 0 Å². The van der Waals surface area contributed by atoms with E-state index in [1.165, 1.54) is 32.8 Å². The van der Waals surface area contributed by atoms with E-state index in [2.05, 4.69) is 101 Å². The SMILES string of the molecule is C=C1CCC(n2c(=C)c3cccc4c(Cc5cnn(C6(C)CCN(CS)CC6)c5)ccc2c43)C(=C)N1. The number of nitrogens with one attached hydrogen (secondary N) is 1. The van der Waals surface area contributed by atoms with Gasteiger partial charge in [0.25, 0.3) is 0 Å². The quantitative estimate of drug-likeness (QED) is 0.365. The van der Waals surface area contributed by atoms with Gasteiger partial charge in [-0.05, 0) is 55.2 Å². The Bertz CT molecular complexity index is 1520. The van der Waals surface area contributed by atoms with Gasteiger partial charge in [-0.1, -0.05) is 44.0 Å². The van der Waals surface area contributed by atoms with Crippen LogP contribution in [0.5, 0.6) is 0 Å². The Kier molecular flexibility index (Phi) is 5.77. The van der Waals surface area contributed by atoms with E-state index in [0.29, 0.717) is 0 Å². The number of aromatic nitrogens is 3. The Morgan fingerprint density at radius 3 is 2.64 bits per heavy atom. The van der Waals surface area contributed by atoms with Crippen LogP contribution < -0.4 is 10.7 Å². The number of benzene rings is 2. The molecule has 0 saturated carbocycles. The summed E-state index contributed by atoms with van der Waals surface area (Å²) in [5.74, 6) is 0.829. The van der Waals surface area contributed by atoms with Gasteiger partial charge in [-0.2, -0.15) is 17.7 Å². The number of likely N-dealkylation sites (tertiary alicyclic amines) is 1. The van der Waals surface area contributed by atoms with Gasteiger partial charge in [-0.25, -0.2) is 0 Å². The molecule has 1 atom stereocenters. The average Bonchev–Trinajstić information content (AvgIpc) is 3.46. The fourth-order valence-electron chi connectivity index (χ4n) is 6.19. The topological polar surface area (TPSA) is 38.0 Å². The van der Waals surface area contributed by atoms with E-state index in [-0.39, 0.29) is 11.6 Å². The van der Waals surface area contributed by atoms with E-state index in [4.69, 9.17) is 5.10 Å². The molecule has 0 amide bonds. The largest absolute Gasteiger partial charge is 0.362 e. The van der Waals surface area contributed by atoms with E-state index in [1.54, 1.807) is 0 Å². The van der Waals surface area contributed by atoms with Crippen molar-refractivity contribution >= 4 is 40.9 Å². The van der Waals surface area contributed by atoms with Gasteiger partial charge in [-0.3, -0.25) is 9.58 Å². The fourth-order valence-corrected chi connectivity index (χ4v) is 6.47. The van der Waals surface area contributed by atoms with Gasteiger partial charge in [0.1, 0.15) is 0 Å². The summed E-state index contributed by atoms with van der Waals surface area (Å²) in [5.41, 5.74) is 5.92. The molecule has 0 spiro atoms. The molecule has 2 fully saturated rings. The van der Waals surface area contributed by atoms with Crippen molar-refractivity contribution in [2.45, 2.75) is 50.6 Å². The molecule has 6 heteroatoms. The summed E-state index contributed by atoms with van der Waals surface area (Å²) < 4.78 is 4.58. The summed E-state index contributed by atoms with van der Waals surface area (Å²) in [6, 6.07) is 11.4. The number of rotatable bonds is 5. The standard InChI is InChI=1S/C30H35N5S/c1-20-8-10-27(21(2)32-20)35-22(3)25-6-5-7-26-24(9-11-28(35)29(25)26)16-23-17-31-34(18-23)30(4)12-14-33(19-36)15-13-30/h5-7,9,11,17-18,27,32,36H,1-3,8,10,12-16,19H2,4H3. The van der Waals surface area contributed by atoms with Crippen molar-refractivity contribution in [3.63, 3.8) is 0 Å². The zero-order valence-corrected chi connectivity index (χ0v) is 22.0. The summed E-state index contributed by atoms with van der Waals surface area (Å²) in [7, 11) is 0. The minimum Gasteiger partial charge on any atom is -0.362 e. The normalized spacial score (nSPS) is 20.9. The minimum absolute atomic E-state index is 0.0691. The Morgan fingerprint density at radius 2 is 1.89 bits per heavy atom. The molecule has 2 saturated heterocycles. The molecule has 4 aromatic rings. The zero-order valence-electron chi connectivity index (χ0n) is 21.1. The number of nitrogens with zero attached hydrogens (tertiary/aromatic N) is 4. The third kappa shape index (κ3) is 3.78. The molecular formula is C30H35N5S. The van der Waals surface area contributed by atoms with Crippen LogP contribution in [0.3, 0.4) is 0 Å². The molecule has 186 valence electrons. The highest BCUT2D eigenvalue weighted by atomic mass is 32.1. The maximum Gasteiger partial charge on any atom is 0.0738 e. The van der Waals surface area contributed by atoms with Gasteiger partial charge in [0.2, 0.25) is 0 Å². The van der Waals surface area contributed by atoms with E-state index in [9.17, 15) is 0 Å². The molecule has 0 radical (unpaired) electrons. The monoisotopic (exact) mass is 497 g/mol. The van der Waals surface area contributed by atoms with Gasteiger partial charge in [0.05, 0.1) is 23.3 Å². The molecule has 6 rings (SSSR count). The summed E-state index contributed by atoms with van der Waals surface area (Å²) in [5, 5.41) is 13.1. The molecule has 2 aromatic carbocycles. The molecule has 4 heterocycles. The summed E-state index contributed by atoms with van der Waals surface area (Å²) in [6.07, 6.45) is 9.31. The van der Waals surface area contributed by atoms with Crippen LogP contribution >= 0.6 is 12.6 Å². The number of hydrogen-bond acceptors (Lipinski definition) is 4. The highest BCUT2D eigenvalue weighted by Gasteiger charge is 2.32. The first-order chi connectivity index (χ1) is 17.4. The maximum atomic E-state index is 4.82. The Morgan fingerprint density at radius 1 is 1.11 bits per heavy atom. The second-order valence-corrected chi connectivity index (χ2v) is 11.1. The van der Waals surface area contributed by atoms with Gasteiger partial charge in [0, 0.05) is 59.1 Å². The van der Waals surface area contributed by atoms with E-state index < -0.39 is 0 Å². The fraction of sp³-hybridized carbons (Fsp3) is 0.367. The van der Waals surface area contributed by atoms with Gasteiger partial charge in [0.15, 0.2) is 0 Å². The first-order valence-electron chi connectivity index (χ1n) is 12.9. The van der Waals surface area contributed by atoms with E-state index >= 15 is 0 Å². The number of thiol groups is 1. The van der Waals surface area contributed by atoms with Crippen LogP contribution in [0.4, 0.5) is 0 Å². The molecule has 1 unspecified atom stereocenters. The van der Waals surface area contributed by atoms with Crippen LogP contribution in [0.1, 0.15) is 49.8 Å². The number of piperidine rings is 2. The number of allylic oxidation sites excluding steroid dienone is 2. The summed E-state index contributed by atoms with van der Waals surface area (Å²) in [4.78, 5) is 2.40. The first-order valence-corrected chi connectivity index (χ1v) is 13.6. The van der Waals surface area contributed by atoms with Crippen LogP contribution in [-0.4, -0.2) is 38.2 Å². The summed E-state index contributed by atoms with van der Waals surface area (Å²) >= 11 is 4.45. The second kappa shape index (κ2) is 8.86. The molecule has 5 nitrogen and oxygen atoms in total. The number of hydrogen-bond donors (Lipinski definition) is 2. The zero-order chi connectivity index (χ0) is 25.0. The molecule has 2 aliphatic heterocycles. The first kappa shape index (κ1) is 23.4. The second-order valence-electron chi connectivity index (χ2n) is 10.8. The van der Waals surface area contributed by atoms with E-state index in [0.717, 1.165) is 67.8 Å². The molecule has 36 heavy (non-hydrogen) atoms. The summed E-state index contributed by atoms with van der Waals surface area (Å²) in [6.45, 7) is 17.4. The van der Waals surface area contributed by atoms with Crippen molar-refractivity contribution in [1.82, 2.24) is 24.6 Å². The van der Waals surface area contributed by atoms with Crippen LogP contribution in [0.25, 0.3) is 28.3 Å². The molecule has 2 aromatic heterocycles. The third-order valence-corrected chi connectivity index (χ3v) is 8.86. The predicted octanol–water partition coefficient (Wildman–Crippen LogP) is 5.36. The Labute approximate surface area is 218 Å². The third-order valence-electron chi connectivity index (χ3n) is 8.46. The van der Waals surface area contributed by atoms with Crippen LogP contribution in [0, 0.1) is 0 Å². The van der Waals surface area contributed by atoms with Crippen molar-refractivity contribution in [1.29, 1.82) is 0 Å². The van der Waals surface area contributed by atoms with Crippen LogP contribution in [0.2, 0.25) is 0 Å².